The van der Waals surface area contributed by atoms with Gasteiger partial charge in [0, 0.05) is 0 Å². The minimum Gasteiger partial charge on any atom is -0.463 e. The van der Waals surface area contributed by atoms with Crippen molar-refractivity contribution in [1.82, 2.24) is 0 Å². The molecule has 0 aromatic heterocycles. The molecule has 3 nitrogen and oxygen atoms in total. The highest BCUT2D eigenvalue weighted by Gasteiger charge is 2.18. The van der Waals surface area contributed by atoms with Crippen molar-refractivity contribution in [2.24, 2.45) is 0 Å². The molecule has 1 unspecified atom stereocenters. The van der Waals surface area contributed by atoms with Crippen LogP contribution in [0.15, 0.2) is 9.66 Å². The summed E-state index contributed by atoms with van der Waals surface area (Å²) in [5.41, 5.74) is 0.351. The van der Waals surface area contributed by atoms with Gasteiger partial charge in [0.15, 0.2) is 0 Å². The van der Waals surface area contributed by atoms with Gasteiger partial charge in [-0.3, -0.25) is 0 Å². The summed E-state index contributed by atoms with van der Waals surface area (Å²) in [6.07, 6.45) is 0.739. The van der Waals surface area contributed by atoms with Gasteiger partial charge >= 0.3 is 5.97 Å². The lowest BCUT2D eigenvalue weighted by Gasteiger charge is -2.11. The van der Waals surface area contributed by atoms with Gasteiger partial charge in [0.2, 0.25) is 0 Å². The van der Waals surface area contributed by atoms with Crippen LogP contribution in [-0.4, -0.2) is 23.8 Å². The lowest BCUT2D eigenvalue weighted by Crippen LogP contribution is -2.19. The summed E-state index contributed by atoms with van der Waals surface area (Å²) in [5.74, 6) is -0.419. The molecule has 4 heteroatoms. The smallest absolute Gasteiger partial charge is 0.337 e. The quantitative estimate of drug-likeness (QED) is 0.480. The maximum atomic E-state index is 11.2. The molecule has 0 heterocycles. The van der Waals surface area contributed by atoms with E-state index in [9.17, 15) is 9.90 Å². The molecule has 1 N–H and O–H groups in total. The molecule has 13 heavy (non-hydrogen) atoms. The zero-order valence-corrected chi connectivity index (χ0v) is 10.1. The van der Waals surface area contributed by atoms with E-state index < -0.39 is 12.1 Å². The summed E-state index contributed by atoms with van der Waals surface area (Å²) in [7, 11) is 0. The van der Waals surface area contributed by atoms with E-state index in [1.807, 2.05) is 29.5 Å². The fourth-order valence-corrected chi connectivity index (χ4v) is 1.57. The Bertz CT molecular complexity index is 189. The van der Waals surface area contributed by atoms with E-state index in [2.05, 4.69) is 0 Å². The summed E-state index contributed by atoms with van der Waals surface area (Å²) in [6, 6.07) is 0. The molecule has 0 aliphatic rings. The van der Waals surface area contributed by atoms with Crippen molar-refractivity contribution in [1.29, 1.82) is 0 Å². The second-order valence-corrected chi connectivity index (χ2v) is 3.21. The summed E-state index contributed by atoms with van der Waals surface area (Å²) in [6.45, 7) is 4.04. The van der Waals surface area contributed by atoms with Gasteiger partial charge in [0.1, 0.15) is 0 Å². The van der Waals surface area contributed by atoms with Crippen LogP contribution in [0.2, 0.25) is 0 Å². The van der Waals surface area contributed by atoms with Crippen LogP contribution in [0.3, 0.4) is 0 Å². The Morgan fingerprint density at radius 1 is 1.62 bits per heavy atom. The van der Waals surface area contributed by atoms with Crippen molar-refractivity contribution < 1.29 is 14.6 Å². The lowest BCUT2D eigenvalue weighted by molar-refractivity contribution is -0.139. The molecule has 0 bridgehead atoms. The van der Waals surface area contributed by atoms with E-state index in [-0.39, 0.29) is 0 Å². The van der Waals surface area contributed by atoms with Gasteiger partial charge in [-0.2, -0.15) is 0 Å². The average Bonchev–Trinajstić information content (AvgIpc) is 2.06. The number of hydrogen-bond donors (Lipinski definition) is 1. The van der Waals surface area contributed by atoms with Crippen LogP contribution >= 0.6 is 22.6 Å². The predicted octanol–water partition coefficient (Wildman–Crippen LogP) is 2.03. The largest absolute Gasteiger partial charge is 0.463 e. The molecule has 0 aliphatic heterocycles. The molecule has 0 rings (SSSR count). The minimum absolute atomic E-state index is 0.339. The van der Waals surface area contributed by atoms with Crippen molar-refractivity contribution in [3.05, 3.63) is 9.66 Å². The normalized spacial score (nSPS) is 14.0. The Morgan fingerprint density at radius 3 is 2.62 bits per heavy atom. The van der Waals surface area contributed by atoms with Crippen LogP contribution in [0.5, 0.6) is 0 Å². The van der Waals surface area contributed by atoms with Crippen LogP contribution in [0.25, 0.3) is 0 Å². The number of aliphatic hydroxyl groups is 1. The van der Waals surface area contributed by atoms with E-state index >= 15 is 0 Å². The van der Waals surface area contributed by atoms with Gasteiger partial charge in [0.25, 0.3) is 0 Å². The molecular formula is C9H15IO3. The van der Waals surface area contributed by atoms with E-state index in [4.69, 9.17) is 4.74 Å². The second-order valence-electron chi connectivity index (χ2n) is 2.59. The van der Waals surface area contributed by atoms with E-state index in [1.54, 1.807) is 11.0 Å². The Labute approximate surface area is 92.3 Å². The molecule has 0 spiro atoms. The first-order valence-corrected chi connectivity index (χ1v) is 5.57. The maximum Gasteiger partial charge on any atom is 0.337 e. The van der Waals surface area contributed by atoms with E-state index in [0.29, 0.717) is 18.6 Å². The molecular weight excluding hydrogens is 283 g/mol. The fourth-order valence-electron chi connectivity index (χ4n) is 0.897. The Kier molecular flexibility index (Phi) is 7.26. The number of ether oxygens (including phenoxy) is 1. The number of hydrogen-bond acceptors (Lipinski definition) is 3. The zero-order chi connectivity index (χ0) is 10.3. The molecule has 0 aliphatic carbocycles. The highest BCUT2D eigenvalue weighted by molar-refractivity contribution is 14.1. The van der Waals surface area contributed by atoms with Crippen molar-refractivity contribution in [3.63, 3.8) is 0 Å². The van der Waals surface area contributed by atoms with Gasteiger partial charge in [-0.15, -0.1) is 0 Å². The Hall–Kier alpha value is -0.100. The first kappa shape index (κ1) is 12.9. The van der Waals surface area contributed by atoms with Crippen LogP contribution < -0.4 is 0 Å². The molecule has 0 saturated heterocycles. The third kappa shape index (κ3) is 4.61. The van der Waals surface area contributed by atoms with Gasteiger partial charge < -0.3 is 9.84 Å². The summed E-state index contributed by atoms with van der Waals surface area (Å²) in [5, 5.41) is 9.53. The van der Waals surface area contributed by atoms with Crippen LogP contribution in [0.4, 0.5) is 0 Å². The third-order valence-electron chi connectivity index (χ3n) is 1.55. The highest BCUT2D eigenvalue weighted by Crippen LogP contribution is 2.12. The number of carbonyl (C=O) groups excluding carboxylic acids is 1. The molecule has 0 radical (unpaired) electrons. The topological polar surface area (TPSA) is 46.5 Å². The number of rotatable bonds is 5. The minimum atomic E-state index is -0.694. The van der Waals surface area contributed by atoms with Crippen molar-refractivity contribution in [3.8, 4) is 0 Å². The summed E-state index contributed by atoms with van der Waals surface area (Å²) in [4.78, 5) is 11.2. The number of halogens is 1. The molecule has 0 aromatic rings. The standard InChI is InChI=1S/C9H15IO3/c1-3-5-8(11)7(6-10)9(12)13-4-2/h6,8,11H,3-5H2,1-2H3/b7-6-. The number of carbonyl (C=O) groups is 1. The van der Waals surface area contributed by atoms with Gasteiger partial charge in [-0.05, 0) is 17.4 Å². The van der Waals surface area contributed by atoms with Crippen LogP contribution in [0.1, 0.15) is 26.7 Å². The average molecular weight is 298 g/mol. The van der Waals surface area contributed by atoms with Gasteiger partial charge in [-0.1, -0.05) is 35.9 Å². The van der Waals surface area contributed by atoms with E-state index in [0.717, 1.165) is 6.42 Å². The summed E-state index contributed by atoms with van der Waals surface area (Å²) < 4.78 is 6.37. The lowest BCUT2D eigenvalue weighted by atomic mass is 10.1. The van der Waals surface area contributed by atoms with E-state index in [1.165, 1.54) is 0 Å². The Morgan fingerprint density at radius 2 is 2.23 bits per heavy atom. The predicted molar refractivity (Wildman–Crippen MR) is 59.7 cm³/mol. The molecule has 0 amide bonds. The molecule has 0 fully saturated rings. The van der Waals surface area contributed by atoms with Gasteiger partial charge in [0.05, 0.1) is 18.3 Å². The molecule has 0 saturated carbocycles. The first-order valence-electron chi connectivity index (χ1n) is 4.32. The molecule has 0 aromatic carbocycles. The van der Waals surface area contributed by atoms with Gasteiger partial charge in [-0.25, -0.2) is 4.79 Å². The number of aliphatic hydroxyl groups excluding tert-OH is 1. The van der Waals surface area contributed by atoms with Crippen molar-refractivity contribution >= 4 is 28.6 Å². The number of esters is 1. The fraction of sp³-hybridized carbons (Fsp3) is 0.667. The third-order valence-corrected chi connectivity index (χ3v) is 2.22. The first-order chi connectivity index (χ1) is 6.17. The molecule has 76 valence electrons. The van der Waals surface area contributed by atoms with Crippen LogP contribution in [-0.2, 0) is 9.53 Å². The SMILES string of the molecule is CCCC(O)/C(=C/I)C(=O)OCC. The second kappa shape index (κ2) is 7.32. The summed E-state index contributed by atoms with van der Waals surface area (Å²) >= 11 is 1.94. The van der Waals surface area contributed by atoms with Crippen LogP contribution in [0, 0.1) is 0 Å². The monoisotopic (exact) mass is 298 g/mol. The highest BCUT2D eigenvalue weighted by atomic mass is 127. The van der Waals surface area contributed by atoms with Crippen molar-refractivity contribution in [2.75, 3.05) is 6.61 Å². The Balaban J connectivity index is 4.25. The van der Waals surface area contributed by atoms with Crippen molar-refractivity contribution in [2.45, 2.75) is 32.8 Å². The molecule has 1 atom stereocenters. The zero-order valence-electron chi connectivity index (χ0n) is 7.92. The maximum absolute atomic E-state index is 11.2.